The standard InChI is InChI=1S/C8H9NO4S/c1-14(11,12)13-6-7-4-2-3-5-8(7)9-10/h2-5H,6H2,1H3. The van der Waals surface area contributed by atoms with Crippen LogP contribution in [0.15, 0.2) is 29.4 Å². The van der Waals surface area contributed by atoms with Crippen LogP contribution in [0.5, 0.6) is 0 Å². The molecule has 0 aromatic heterocycles. The van der Waals surface area contributed by atoms with Gasteiger partial charge in [-0.05, 0) is 11.2 Å². The second-order valence-corrected chi connectivity index (χ2v) is 4.33. The maximum Gasteiger partial charge on any atom is 0.264 e. The Kier molecular flexibility index (Phi) is 3.32. The summed E-state index contributed by atoms with van der Waals surface area (Å²) in [4.78, 5) is 10.3. The average Bonchev–Trinajstić information content (AvgIpc) is 2.14. The quantitative estimate of drug-likeness (QED) is 0.564. The molecule has 1 rings (SSSR count). The number of benzene rings is 1. The molecule has 6 heteroatoms. The van der Waals surface area contributed by atoms with Gasteiger partial charge < -0.3 is 0 Å². The van der Waals surface area contributed by atoms with E-state index < -0.39 is 10.1 Å². The lowest BCUT2D eigenvalue weighted by molar-refractivity contribution is 0.312. The fourth-order valence-corrected chi connectivity index (χ4v) is 1.23. The highest BCUT2D eigenvalue weighted by molar-refractivity contribution is 7.85. The zero-order valence-electron chi connectivity index (χ0n) is 7.50. The lowest BCUT2D eigenvalue weighted by atomic mass is 10.2. The summed E-state index contributed by atoms with van der Waals surface area (Å²) in [6.45, 7) is -0.166. The van der Waals surface area contributed by atoms with Crippen LogP contribution in [0.1, 0.15) is 5.56 Å². The number of hydrogen-bond acceptors (Lipinski definition) is 5. The van der Waals surface area contributed by atoms with Crippen molar-refractivity contribution in [2.24, 2.45) is 5.18 Å². The molecular weight excluding hydrogens is 206 g/mol. The minimum atomic E-state index is -3.49. The van der Waals surface area contributed by atoms with Crippen molar-refractivity contribution in [3.63, 3.8) is 0 Å². The Hall–Kier alpha value is -1.27. The number of nitroso groups, excluding NO2 is 1. The molecule has 0 radical (unpaired) electrons. The van der Waals surface area contributed by atoms with E-state index in [-0.39, 0.29) is 12.3 Å². The number of hydrogen-bond donors (Lipinski definition) is 0. The highest BCUT2D eigenvalue weighted by Crippen LogP contribution is 2.19. The molecule has 0 aliphatic carbocycles. The van der Waals surface area contributed by atoms with Crippen molar-refractivity contribution in [2.75, 3.05) is 6.26 Å². The van der Waals surface area contributed by atoms with Crippen molar-refractivity contribution in [1.29, 1.82) is 0 Å². The summed E-state index contributed by atoms with van der Waals surface area (Å²) in [5, 5.41) is 2.75. The fraction of sp³-hybridized carbons (Fsp3) is 0.250. The predicted octanol–water partition coefficient (Wildman–Crippen LogP) is 1.56. The summed E-state index contributed by atoms with van der Waals surface area (Å²) in [5.41, 5.74) is 0.643. The van der Waals surface area contributed by atoms with Gasteiger partial charge in [0, 0.05) is 5.56 Å². The molecule has 0 saturated heterocycles. The van der Waals surface area contributed by atoms with Gasteiger partial charge in [-0.3, -0.25) is 4.18 Å². The van der Waals surface area contributed by atoms with Crippen LogP contribution in [0.25, 0.3) is 0 Å². The summed E-state index contributed by atoms with van der Waals surface area (Å²) >= 11 is 0. The van der Waals surface area contributed by atoms with Gasteiger partial charge >= 0.3 is 0 Å². The Morgan fingerprint density at radius 1 is 1.36 bits per heavy atom. The van der Waals surface area contributed by atoms with Gasteiger partial charge in [-0.25, -0.2) is 0 Å². The molecule has 1 aromatic rings. The molecule has 0 N–H and O–H groups in total. The second kappa shape index (κ2) is 4.30. The fourth-order valence-electron chi connectivity index (χ4n) is 0.892. The minimum Gasteiger partial charge on any atom is -0.265 e. The molecule has 0 spiro atoms. The van der Waals surface area contributed by atoms with Crippen LogP contribution in [0.4, 0.5) is 5.69 Å². The largest absolute Gasteiger partial charge is 0.265 e. The molecule has 0 fully saturated rings. The lowest BCUT2D eigenvalue weighted by Crippen LogP contribution is -2.02. The Balaban J connectivity index is 2.81. The topological polar surface area (TPSA) is 72.8 Å². The Bertz CT molecular complexity index is 427. The molecule has 0 heterocycles. The monoisotopic (exact) mass is 215 g/mol. The summed E-state index contributed by atoms with van der Waals surface area (Å²) < 4.78 is 25.9. The summed E-state index contributed by atoms with van der Waals surface area (Å²) in [5.74, 6) is 0. The molecular formula is C8H9NO4S. The van der Waals surface area contributed by atoms with Crippen LogP contribution in [0, 0.1) is 4.91 Å². The van der Waals surface area contributed by atoms with Gasteiger partial charge in [0.2, 0.25) is 0 Å². The van der Waals surface area contributed by atoms with Crippen LogP contribution in [-0.2, 0) is 20.9 Å². The van der Waals surface area contributed by atoms with E-state index in [4.69, 9.17) is 0 Å². The summed E-state index contributed by atoms with van der Waals surface area (Å²) in [6, 6.07) is 6.40. The van der Waals surface area contributed by atoms with Gasteiger partial charge in [0.25, 0.3) is 10.1 Å². The zero-order chi connectivity index (χ0) is 10.6. The van der Waals surface area contributed by atoms with Gasteiger partial charge in [0.05, 0.1) is 12.9 Å². The van der Waals surface area contributed by atoms with Gasteiger partial charge in [0.15, 0.2) is 0 Å². The number of nitrogens with zero attached hydrogens (tertiary/aromatic N) is 1. The Morgan fingerprint density at radius 3 is 2.57 bits per heavy atom. The molecule has 0 aliphatic heterocycles. The molecule has 0 unspecified atom stereocenters. The molecule has 0 saturated carbocycles. The molecule has 5 nitrogen and oxygen atoms in total. The van der Waals surface area contributed by atoms with Crippen molar-refractivity contribution >= 4 is 15.8 Å². The average molecular weight is 215 g/mol. The third kappa shape index (κ3) is 3.23. The van der Waals surface area contributed by atoms with E-state index in [0.717, 1.165) is 6.26 Å². The summed E-state index contributed by atoms with van der Waals surface area (Å²) in [6.07, 6.45) is 0.948. The Labute approximate surface area is 81.8 Å². The maximum absolute atomic E-state index is 10.7. The lowest BCUT2D eigenvalue weighted by Gasteiger charge is -2.02. The maximum atomic E-state index is 10.7. The van der Waals surface area contributed by atoms with Crippen LogP contribution in [0.2, 0.25) is 0 Å². The van der Waals surface area contributed by atoms with E-state index in [1.807, 2.05) is 0 Å². The minimum absolute atomic E-state index is 0.166. The predicted molar refractivity (Wildman–Crippen MR) is 51.5 cm³/mol. The van der Waals surface area contributed by atoms with Crippen LogP contribution >= 0.6 is 0 Å². The molecule has 1 aromatic carbocycles. The Morgan fingerprint density at radius 2 is 2.00 bits per heavy atom. The van der Waals surface area contributed by atoms with Gasteiger partial charge in [-0.15, -0.1) is 4.91 Å². The third-order valence-corrected chi connectivity index (χ3v) is 2.06. The number of rotatable bonds is 4. The van der Waals surface area contributed by atoms with Crippen LogP contribution in [-0.4, -0.2) is 14.7 Å². The first-order chi connectivity index (χ1) is 6.53. The smallest absolute Gasteiger partial charge is 0.264 e. The normalized spacial score (nSPS) is 11.2. The SMILES string of the molecule is CS(=O)(=O)OCc1ccccc1N=O. The molecule has 0 aliphatic rings. The van der Waals surface area contributed by atoms with Crippen molar-refractivity contribution in [3.8, 4) is 0 Å². The molecule has 76 valence electrons. The zero-order valence-corrected chi connectivity index (χ0v) is 8.32. The van der Waals surface area contributed by atoms with E-state index in [9.17, 15) is 13.3 Å². The summed E-state index contributed by atoms with van der Waals surface area (Å²) in [7, 11) is -3.49. The third-order valence-electron chi connectivity index (χ3n) is 1.52. The van der Waals surface area contributed by atoms with Crippen LogP contribution in [0.3, 0.4) is 0 Å². The first kappa shape index (κ1) is 10.8. The molecule has 14 heavy (non-hydrogen) atoms. The molecule has 0 atom stereocenters. The highest BCUT2D eigenvalue weighted by Gasteiger charge is 2.06. The molecule has 0 amide bonds. The second-order valence-electron chi connectivity index (χ2n) is 2.69. The van der Waals surface area contributed by atoms with Crippen molar-refractivity contribution in [2.45, 2.75) is 6.61 Å². The van der Waals surface area contributed by atoms with Crippen molar-refractivity contribution < 1.29 is 12.6 Å². The molecule has 0 bridgehead atoms. The van der Waals surface area contributed by atoms with Gasteiger partial charge in [0.1, 0.15) is 5.69 Å². The van der Waals surface area contributed by atoms with E-state index in [0.29, 0.717) is 5.56 Å². The van der Waals surface area contributed by atoms with Gasteiger partial charge in [-0.2, -0.15) is 8.42 Å². The van der Waals surface area contributed by atoms with E-state index >= 15 is 0 Å². The van der Waals surface area contributed by atoms with E-state index in [2.05, 4.69) is 9.36 Å². The van der Waals surface area contributed by atoms with E-state index in [1.54, 1.807) is 18.2 Å². The first-order valence-corrected chi connectivity index (χ1v) is 5.60. The van der Waals surface area contributed by atoms with Crippen LogP contribution < -0.4 is 0 Å². The van der Waals surface area contributed by atoms with E-state index in [1.165, 1.54) is 6.07 Å². The van der Waals surface area contributed by atoms with Gasteiger partial charge in [-0.1, -0.05) is 18.2 Å². The highest BCUT2D eigenvalue weighted by atomic mass is 32.2. The first-order valence-electron chi connectivity index (χ1n) is 3.78. The van der Waals surface area contributed by atoms with Crippen molar-refractivity contribution in [3.05, 3.63) is 34.7 Å². The van der Waals surface area contributed by atoms with Crippen molar-refractivity contribution in [1.82, 2.24) is 0 Å².